The Morgan fingerprint density at radius 1 is 0.926 bits per heavy atom. The highest BCUT2D eigenvalue weighted by molar-refractivity contribution is 7.80. The van der Waals surface area contributed by atoms with Gasteiger partial charge < -0.3 is 10.0 Å². The highest BCUT2D eigenvalue weighted by Crippen LogP contribution is 2.33. The summed E-state index contributed by atoms with van der Waals surface area (Å²) in [4.78, 5) is 12.5. The van der Waals surface area contributed by atoms with Gasteiger partial charge in [0, 0.05) is 43.5 Å². The monoisotopic (exact) mass is 392 g/mol. The number of nitrogens with zero attached hydrogens (tertiary/aromatic N) is 2. The van der Waals surface area contributed by atoms with Gasteiger partial charge in [-0.3, -0.25) is 13.7 Å². The summed E-state index contributed by atoms with van der Waals surface area (Å²) in [7, 11) is 3.96. The first-order chi connectivity index (χ1) is 12.9. The molecule has 0 fully saturated rings. The van der Waals surface area contributed by atoms with Crippen molar-refractivity contribution in [1.82, 2.24) is 0 Å². The van der Waals surface area contributed by atoms with Crippen molar-refractivity contribution in [3.8, 4) is 0 Å². The van der Waals surface area contributed by atoms with E-state index in [-0.39, 0.29) is 6.42 Å². The molecule has 27 heavy (non-hydrogen) atoms. The smallest absolute Gasteiger partial charge is 0.303 e. The number of hydrogen-bond donors (Lipinski definition) is 2. The predicted octanol–water partition coefficient (Wildman–Crippen LogP) is 4.27. The molecule has 2 rings (SSSR count). The maximum Gasteiger partial charge on any atom is 0.303 e. The van der Waals surface area contributed by atoms with E-state index < -0.39 is 17.2 Å². The van der Waals surface area contributed by atoms with Crippen LogP contribution < -0.4 is 9.21 Å². The summed E-state index contributed by atoms with van der Waals surface area (Å²) in [6, 6.07) is 11.8. The Bertz CT molecular complexity index is 795. The molecule has 0 saturated carbocycles. The van der Waals surface area contributed by atoms with Crippen molar-refractivity contribution >= 4 is 39.4 Å². The molecular formula is C20H28N2O4S. The molecule has 0 bridgehead atoms. The molecule has 0 aromatic heterocycles. The highest BCUT2D eigenvalue weighted by atomic mass is 32.2. The molecule has 6 nitrogen and oxygen atoms in total. The van der Waals surface area contributed by atoms with Crippen molar-refractivity contribution in [2.75, 3.05) is 29.8 Å². The lowest BCUT2D eigenvalue weighted by atomic mass is 10.1. The van der Waals surface area contributed by atoms with E-state index in [1.54, 1.807) is 0 Å². The van der Waals surface area contributed by atoms with E-state index in [9.17, 15) is 13.6 Å². The minimum Gasteiger partial charge on any atom is -0.481 e. The van der Waals surface area contributed by atoms with Crippen LogP contribution in [-0.4, -0.2) is 40.5 Å². The fourth-order valence-corrected chi connectivity index (χ4v) is 3.84. The van der Waals surface area contributed by atoms with E-state index in [4.69, 9.17) is 5.11 Å². The number of fused-ring (bicyclic) bond motifs is 1. The standard InChI is InChI=1S/C20H28N2O4S/c1-21(2)18-12-8-11-17-16(18)10-9-13-19(17)22(27(25)26)15-7-5-3-4-6-14-20(23)24/h8-13H,3-7,14-15H2,1-2H3,(H,23,24)(H,25,26). The van der Waals surface area contributed by atoms with Gasteiger partial charge in [-0.25, -0.2) is 4.21 Å². The molecule has 148 valence electrons. The molecule has 0 spiro atoms. The Kier molecular flexibility index (Phi) is 8.06. The molecule has 7 heteroatoms. The van der Waals surface area contributed by atoms with E-state index in [1.165, 1.54) is 4.31 Å². The molecule has 0 saturated heterocycles. The molecule has 0 aliphatic carbocycles. The van der Waals surface area contributed by atoms with Gasteiger partial charge in [0.15, 0.2) is 0 Å². The zero-order chi connectivity index (χ0) is 19.8. The second kappa shape index (κ2) is 10.3. The summed E-state index contributed by atoms with van der Waals surface area (Å²) in [6.07, 6.45) is 4.37. The van der Waals surface area contributed by atoms with Crippen molar-refractivity contribution < 1.29 is 18.7 Å². The molecule has 0 amide bonds. The van der Waals surface area contributed by atoms with Crippen LogP contribution in [0.4, 0.5) is 11.4 Å². The number of aliphatic carboxylic acids is 1. The summed E-state index contributed by atoms with van der Waals surface area (Å²) < 4.78 is 23.3. The van der Waals surface area contributed by atoms with Crippen LogP contribution in [-0.2, 0) is 16.1 Å². The molecular weight excluding hydrogens is 364 g/mol. The van der Waals surface area contributed by atoms with E-state index in [0.29, 0.717) is 13.0 Å². The van der Waals surface area contributed by atoms with E-state index in [1.807, 2.05) is 55.4 Å². The summed E-state index contributed by atoms with van der Waals surface area (Å²) in [5, 5.41) is 10.6. The van der Waals surface area contributed by atoms with Gasteiger partial charge in [-0.15, -0.1) is 0 Å². The van der Waals surface area contributed by atoms with Crippen molar-refractivity contribution in [2.24, 2.45) is 0 Å². The molecule has 0 radical (unpaired) electrons. The zero-order valence-corrected chi connectivity index (χ0v) is 16.7. The van der Waals surface area contributed by atoms with Crippen LogP contribution >= 0.6 is 0 Å². The zero-order valence-electron chi connectivity index (χ0n) is 15.9. The minimum atomic E-state index is -2.10. The Morgan fingerprint density at radius 2 is 1.48 bits per heavy atom. The molecule has 2 aromatic carbocycles. The van der Waals surface area contributed by atoms with Crippen molar-refractivity contribution in [1.29, 1.82) is 0 Å². The fourth-order valence-electron chi connectivity index (χ4n) is 3.23. The van der Waals surface area contributed by atoms with Gasteiger partial charge in [0.25, 0.3) is 11.3 Å². The first-order valence-electron chi connectivity index (χ1n) is 9.21. The molecule has 0 aliphatic heterocycles. The predicted molar refractivity (Wildman–Crippen MR) is 112 cm³/mol. The molecule has 1 atom stereocenters. The molecule has 0 aliphatic rings. The van der Waals surface area contributed by atoms with Gasteiger partial charge in [0.2, 0.25) is 0 Å². The third-order valence-corrected chi connectivity index (χ3v) is 5.32. The first-order valence-corrected chi connectivity index (χ1v) is 10.3. The lowest BCUT2D eigenvalue weighted by Crippen LogP contribution is -2.26. The summed E-state index contributed by atoms with van der Waals surface area (Å²) in [5.41, 5.74) is 1.82. The lowest BCUT2D eigenvalue weighted by Gasteiger charge is -2.23. The van der Waals surface area contributed by atoms with Crippen LogP contribution in [0.2, 0.25) is 0 Å². The molecule has 1 unspecified atom stereocenters. The average Bonchev–Trinajstić information content (AvgIpc) is 2.62. The van der Waals surface area contributed by atoms with Gasteiger partial charge in [-0.2, -0.15) is 0 Å². The van der Waals surface area contributed by atoms with Crippen LogP contribution in [0.3, 0.4) is 0 Å². The normalized spacial score (nSPS) is 12.1. The van der Waals surface area contributed by atoms with Crippen LogP contribution in [0.1, 0.15) is 38.5 Å². The largest absolute Gasteiger partial charge is 0.481 e. The van der Waals surface area contributed by atoms with E-state index >= 15 is 0 Å². The van der Waals surface area contributed by atoms with Crippen LogP contribution in [0.5, 0.6) is 0 Å². The second-order valence-corrected chi connectivity index (χ2v) is 7.69. The average molecular weight is 393 g/mol. The Morgan fingerprint density at radius 3 is 2.07 bits per heavy atom. The molecule has 0 heterocycles. The summed E-state index contributed by atoms with van der Waals surface area (Å²) in [5.74, 6) is -0.759. The van der Waals surface area contributed by atoms with Gasteiger partial charge in [0.05, 0.1) is 5.69 Å². The second-order valence-electron chi connectivity index (χ2n) is 6.79. The highest BCUT2D eigenvalue weighted by Gasteiger charge is 2.16. The number of hydrogen-bond acceptors (Lipinski definition) is 3. The summed E-state index contributed by atoms with van der Waals surface area (Å²) >= 11 is -2.10. The number of carboxylic acids is 1. The van der Waals surface area contributed by atoms with Gasteiger partial charge in [-0.1, -0.05) is 43.5 Å². The van der Waals surface area contributed by atoms with Gasteiger partial charge >= 0.3 is 5.97 Å². The quantitative estimate of drug-likeness (QED) is 0.441. The number of benzene rings is 2. The van der Waals surface area contributed by atoms with Crippen LogP contribution in [0, 0.1) is 0 Å². The van der Waals surface area contributed by atoms with E-state index in [0.717, 1.165) is 47.8 Å². The van der Waals surface area contributed by atoms with Gasteiger partial charge in [0.1, 0.15) is 0 Å². The topological polar surface area (TPSA) is 81.1 Å². The Hall–Kier alpha value is -2.12. The van der Waals surface area contributed by atoms with Crippen molar-refractivity contribution in [3.05, 3.63) is 36.4 Å². The van der Waals surface area contributed by atoms with Crippen LogP contribution in [0.15, 0.2) is 36.4 Å². The van der Waals surface area contributed by atoms with Crippen LogP contribution in [0.25, 0.3) is 10.8 Å². The molecule has 2 N–H and O–H groups in total. The maximum absolute atomic E-state index is 12.0. The Labute approximate surface area is 163 Å². The number of anilines is 2. The maximum atomic E-state index is 12.0. The van der Waals surface area contributed by atoms with E-state index in [2.05, 4.69) is 0 Å². The lowest BCUT2D eigenvalue weighted by molar-refractivity contribution is -0.137. The number of carboxylic acid groups (broad SMARTS) is 1. The van der Waals surface area contributed by atoms with Crippen molar-refractivity contribution in [3.63, 3.8) is 0 Å². The molecule has 2 aromatic rings. The summed E-state index contributed by atoms with van der Waals surface area (Å²) in [6.45, 7) is 0.480. The number of rotatable bonds is 11. The third-order valence-electron chi connectivity index (χ3n) is 4.57. The minimum absolute atomic E-state index is 0.205. The van der Waals surface area contributed by atoms with Gasteiger partial charge in [-0.05, 0) is 25.0 Å². The fraction of sp³-hybridized carbons (Fsp3) is 0.450. The van der Waals surface area contributed by atoms with Crippen molar-refractivity contribution in [2.45, 2.75) is 38.5 Å². The first kappa shape index (κ1) is 21.2. The SMILES string of the molecule is CN(C)c1cccc2c(N(CCCCCCCC(=O)O)S(=O)O)cccc12. The third kappa shape index (κ3) is 5.94. The number of unbranched alkanes of at least 4 members (excludes halogenated alkanes) is 4. The number of carbonyl (C=O) groups is 1. The Balaban J connectivity index is 2.07.